The van der Waals surface area contributed by atoms with Crippen LogP contribution < -0.4 is 4.90 Å². The Kier molecular flexibility index (Phi) is 5.66. The van der Waals surface area contributed by atoms with Gasteiger partial charge in [-0.05, 0) is 31.5 Å². The summed E-state index contributed by atoms with van der Waals surface area (Å²) >= 11 is 0. The first-order valence-electron chi connectivity index (χ1n) is 8.83. The number of benzene rings is 1. The molecule has 0 bridgehead atoms. The molecule has 132 valence electrons. The second-order valence-corrected chi connectivity index (χ2v) is 6.69. The highest BCUT2D eigenvalue weighted by Gasteiger charge is 2.18. The summed E-state index contributed by atoms with van der Waals surface area (Å²) in [7, 11) is 0. The van der Waals surface area contributed by atoms with Crippen molar-refractivity contribution in [1.29, 1.82) is 0 Å². The van der Waals surface area contributed by atoms with Crippen LogP contribution in [-0.4, -0.2) is 53.5 Å². The third-order valence-electron chi connectivity index (χ3n) is 4.69. The molecule has 5 heteroatoms. The van der Waals surface area contributed by atoms with E-state index in [4.69, 9.17) is 0 Å². The number of oxime groups is 1. The fraction of sp³-hybridized carbons (Fsp3) is 0.400. The first-order valence-corrected chi connectivity index (χ1v) is 8.83. The summed E-state index contributed by atoms with van der Waals surface area (Å²) in [5.41, 5.74) is 4.17. The van der Waals surface area contributed by atoms with Crippen LogP contribution in [0, 0.1) is 13.8 Å². The van der Waals surface area contributed by atoms with E-state index in [-0.39, 0.29) is 0 Å². The maximum absolute atomic E-state index is 9.43. The monoisotopic (exact) mass is 338 g/mol. The average molecular weight is 338 g/mol. The lowest BCUT2D eigenvalue weighted by molar-refractivity contribution is 0.262. The lowest BCUT2D eigenvalue weighted by Gasteiger charge is -2.35. The molecule has 1 aromatic heterocycles. The molecule has 2 heterocycles. The molecule has 1 N–H and O–H groups in total. The fourth-order valence-corrected chi connectivity index (χ4v) is 3.40. The molecule has 0 radical (unpaired) electrons. The second kappa shape index (κ2) is 8.12. The molecule has 0 unspecified atom stereocenters. The molecule has 0 aliphatic carbocycles. The molecule has 0 saturated carbocycles. The van der Waals surface area contributed by atoms with E-state index >= 15 is 0 Å². The third-order valence-corrected chi connectivity index (χ3v) is 4.69. The number of piperazine rings is 1. The predicted octanol–water partition coefficient (Wildman–Crippen LogP) is 3.09. The molecule has 2 aromatic rings. The predicted molar refractivity (Wildman–Crippen MR) is 102 cm³/mol. The van der Waals surface area contributed by atoms with Crippen molar-refractivity contribution in [2.75, 3.05) is 37.6 Å². The molecule has 5 nitrogen and oxygen atoms in total. The highest BCUT2D eigenvalue weighted by molar-refractivity contribution is 6.00. The second-order valence-electron chi connectivity index (χ2n) is 6.69. The summed E-state index contributed by atoms with van der Waals surface area (Å²) in [5.74, 6) is 1.05. The molecule has 0 spiro atoms. The summed E-state index contributed by atoms with van der Waals surface area (Å²) in [6.45, 7) is 9.01. The summed E-state index contributed by atoms with van der Waals surface area (Å²) in [4.78, 5) is 9.17. The van der Waals surface area contributed by atoms with Gasteiger partial charge >= 0.3 is 0 Å². The molecule has 1 aliphatic heterocycles. The Hall–Kier alpha value is -2.40. The van der Waals surface area contributed by atoms with Crippen LogP contribution in [-0.2, 0) is 0 Å². The lowest BCUT2D eigenvalue weighted by atomic mass is 10.0. The fourth-order valence-electron chi connectivity index (χ4n) is 3.40. The van der Waals surface area contributed by atoms with Gasteiger partial charge in [0.05, 0.1) is 5.71 Å². The van der Waals surface area contributed by atoms with Crippen molar-refractivity contribution >= 4 is 11.5 Å². The van der Waals surface area contributed by atoms with Crippen LogP contribution in [0.4, 0.5) is 5.82 Å². The van der Waals surface area contributed by atoms with Crippen LogP contribution in [0.15, 0.2) is 47.8 Å². The van der Waals surface area contributed by atoms with E-state index in [2.05, 4.69) is 58.1 Å². The zero-order valence-corrected chi connectivity index (χ0v) is 15.0. The van der Waals surface area contributed by atoms with Crippen LogP contribution >= 0.6 is 0 Å². The van der Waals surface area contributed by atoms with E-state index < -0.39 is 0 Å². The Balaban J connectivity index is 1.53. The van der Waals surface area contributed by atoms with Gasteiger partial charge in [-0.2, -0.15) is 0 Å². The highest BCUT2D eigenvalue weighted by atomic mass is 16.4. The smallest absolute Gasteiger partial charge is 0.128 e. The summed E-state index contributed by atoms with van der Waals surface area (Å²) in [6.07, 6.45) is 2.60. The van der Waals surface area contributed by atoms with Gasteiger partial charge in [-0.15, -0.1) is 0 Å². The van der Waals surface area contributed by atoms with Crippen molar-refractivity contribution in [2.24, 2.45) is 5.16 Å². The topological polar surface area (TPSA) is 52.0 Å². The number of aryl methyl sites for hydroxylation is 2. The molecular weight excluding hydrogens is 312 g/mol. The zero-order chi connectivity index (χ0) is 17.6. The number of pyridine rings is 1. The number of hydrogen-bond donors (Lipinski definition) is 1. The molecule has 3 rings (SSSR count). The third kappa shape index (κ3) is 4.57. The summed E-state index contributed by atoms with van der Waals surface area (Å²) in [5, 5.41) is 13.0. The van der Waals surface area contributed by atoms with Crippen molar-refractivity contribution in [2.45, 2.75) is 20.3 Å². The number of rotatable bonds is 5. The van der Waals surface area contributed by atoms with Gasteiger partial charge < -0.3 is 10.1 Å². The van der Waals surface area contributed by atoms with E-state index in [9.17, 15) is 5.21 Å². The minimum absolute atomic E-state index is 0.753. The Labute approximate surface area is 149 Å². The first kappa shape index (κ1) is 17.4. The maximum Gasteiger partial charge on any atom is 0.128 e. The Morgan fingerprint density at radius 2 is 1.80 bits per heavy atom. The Morgan fingerprint density at radius 1 is 1.08 bits per heavy atom. The van der Waals surface area contributed by atoms with Crippen molar-refractivity contribution < 1.29 is 5.21 Å². The number of hydrogen-bond acceptors (Lipinski definition) is 5. The normalized spacial score (nSPS) is 16.2. The van der Waals surface area contributed by atoms with Crippen LogP contribution in [0.5, 0.6) is 0 Å². The molecule has 0 amide bonds. The van der Waals surface area contributed by atoms with Gasteiger partial charge in [0.15, 0.2) is 0 Å². The standard InChI is InChI=1S/C20H26N4O/c1-16-13-17(2)15-18(14-16)19(22-25)6-8-23-9-11-24(12-10-23)20-5-3-4-7-21-20/h3-5,7,13-15,25H,6,8-12H2,1-2H3/b22-19+. The number of anilines is 1. The Morgan fingerprint density at radius 3 is 2.40 bits per heavy atom. The van der Waals surface area contributed by atoms with Gasteiger partial charge in [-0.3, -0.25) is 4.90 Å². The zero-order valence-electron chi connectivity index (χ0n) is 15.0. The lowest BCUT2D eigenvalue weighted by Crippen LogP contribution is -2.47. The molecular formula is C20H26N4O. The Bertz CT molecular complexity index is 701. The molecule has 1 aromatic carbocycles. The molecule has 1 aliphatic rings. The van der Waals surface area contributed by atoms with Crippen molar-refractivity contribution in [3.05, 3.63) is 59.3 Å². The van der Waals surface area contributed by atoms with Crippen molar-refractivity contribution in [3.8, 4) is 0 Å². The summed E-state index contributed by atoms with van der Waals surface area (Å²) < 4.78 is 0. The van der Waals surface area contributed by atoms with Crippen LogP contribution in [0.2, 0.25) is 0 Å². The van der Waals surface area contributed by atoms with Crippen LogP contribution in [0.25, 0.3) is 0 Å². The van der Waals surface area contributed by atoms with Gasteiger partial charge in [-0.1, -0.05) is 40.5 Å². The maximum atomic E-state index is 9.43. The first-order chi connectivity index (χ1) is 12.2. The highest BCUT2D eigenvalue weighted by Crippen LogP contribution is 2.15. The van der Waals surface area contributed by atoms with Gasteiger partial charge in [0.25, 0.3) is 0 Å². The SMILES string of the molecule is Cc1cc(C)cc(/C(CCN2CCN(c3ccccn3)CC2)=N/O)c1. The number of aromatic nitrogens is 1. The van der Waals surface area contributed by atoms with Gasteiger partial charge in [0.1, 0.15) is 5.82 Å². The molecule has 1 saturated heterocycles. The quantitative estimate of drug-likeness (QED) is 0.517. The largest absolute Gasteiger partial charge is 0.411 e. The summed E-state index contributed by atoms with van der Waals surface area (Å²) in [6, 6.07) is 12.3. The van der Waals surface area contributed by atoms with Gasteiger partial charge in [-0.25, -0.2) is 4.98 Å². The molecule has 0 atom stereocenters. The van der Waals surface area contributed by atoms with Crippen molar-refractivity contribution in [3.63, 3.8) is 0 Å². The van der Waals surface area contributed by atoms with Crippen LogP contribution in [0.3, 0.4) is 0 Å². The minimum Gasteiger partial charge on any atom is -0.411 e. The minimum atomic E-state index is 0.753. The van der Waals surface area contributed by atoms with E-state index in [0.29, 0.717) is 0 Å². The van der Waals surface area contributed by atoms with E-state index in [1.165, 1.54) is 11.1 Å². The average Bonchev–Trinajstić information content (AvgIpc) is 2.63. The van der Waals surface area contributed by atoms with Gasteiger partial charge in [0, 0.05) is 45.3 Å². The molecule has 1 fully saturated rings. The van der Waals surface area contributed by atoms with E-state index in [1.54, 1.807) is 0 Å². The van der Waals surface area contributed by atoms with E-state index in [0.717, 1.165) is 56.2 Å². The van der Waals surface area contributed by atoms with Crippen LogP contribution in [0.1, 0.15) is 23.1 Å². The van der Waals surface area contributed by atoms with Gasteiger partial charge in [0.2, 0.25) is 0 Å². The number of nitrogens with zero attached hydrogens (tertiary/aromatic N) is 4. The molecule has 25 heavy (non-hydrogen) atoms. The van der Waals surface area contributed by atoms with Crippen molar-refractivity contribution in [1.82, 2.24) is 9.88 Å². The van der Waals surface area contributed by atoms with E-state index in [1.807, 2.05) is 18.3 Å².